The van der Waals surface area contributed by atoms with E-state index in [0.717, 1.165) is 19.4 Å². The van der Waals surface area contributed by atoms with Gasteiger partial charge in [0.15, 0.2) is 9.84 Å². The van der Waals surface area contributed by atoms with Crippen LogP contribution in [-0.2, 0) is 14.6 Å². The SMILES string of the molecule is O=C(CC1CCCCN1)NC1CCCS(=O)(=O)C1. The van der Waals surface area contributed by atoms with Crippen LogP contribution in [0.3, 0.4) is 0 Å². The van der Waals surface area contributed by atoms with Crippen molar-refractivity contribution in [3.63, 3.8) is 0 Å². The Kier molecular flexibility index (Phi) is 4.61. The van der Waals surface area contributed by atoms with Crippen LogP contribution in [0.1, 0.15) is 38.5 Å². The highest BCUT2D eigenvalue weighted by molar-refractivity contribution is 7.91. The Morgan fingerprint density at radius 1 is 1.22 bits per heavy atom. The molecule has 2 saturated heterocycles. The second-order valence-electron chi connectivity index (χ2n) is 5.37. The molecule has 0 spiro atoms. The molecule has 104 valence electrons. The Bertz CT molecular complexity index is 388. The number of hydrogen-bond donors (Lipinski definition) is 2. The van der Waals surface area contributed by atoms with Gasteiger partial charge in [-0.3, -0.25) is 4.79 Å². The maximum absolute atomic E-state index is 11.8. The van der Waals surface area contributed by atoms with Crippen molar-refractivity contribution in [1.29, 1.82) is 0 Å². The number of nitrogens with one attached hydrogen (secondary N) is 2. The fourth-order valence-electron chi connectivity index (χ4n) is 2.75. The summed E-state index contributed by atoms with van der Waals surface area (Å²) in [6.45, 7) is 0.982. The Hall–Kier alpha value is -0.620. The van der Waals surface area contributed by atoms with Gasteiger partial charge in [0.2, 0.25) is 5.91 Å². The fourth-order valence-corrected chi connectivity index (χ4v) is 4.38. The minimum Gasteiger partial charge on any atom is -0.352 e. The van der Waals surface area contributed by atoms with E-state index in [-0.39, 0.29) is 29.5 Å². The van der Waals surface area contributed by atoms with E-state index in [4.69, 9.17) is 0 Å². The first-order valence-corrected chi connectivity index (χ1v) is 8.60. The number of hydrogen-bond acceptors (Lipinski definition) is 4. The molecule has 0 aromatic rings. The monoisotopic (exact) mass is 274 g/mol. The number of sulfone groups is 1. The average molecular weight is 274 g/mol. The summed E-state index contributed by atoms with van der Waals surface area (Å²) in [5.74, 6) is 0.358. The highest BCUT2D eigenvalue weighted by Gasteiger charge is 2.26. The molecule has 2 aliphatic heterocycles. The van der Waals surface area contributed by atoms with Crippen LogP contribution in [0.15, 0.2) is 0 Å². The van der Waals surface area contributed by atoms with Crippen LogP contribution in [0.25, 0.3) is 0 Å². The molecule has 2 atom stereocenters. The summed E-state index contributed by atoms with van der Waals surface area (Å²) in [5.41, 5.74) is 0. The molecule has 0 aromatic carbocycles. The molecule has 6 heteroatoms. The molecule has 2 unspecified atom stereocenters. The summed E-state index contributed by atoms with van der Waals surface area (Å²) in [6, 6.07) is 0.0822. The normalized spacial score (nSPS) is 31.8. The standard InChI is InChI=1S/C12H22N2O3S/c15-12(8-10-4-1-2-6-13-10)14-11-5-3-7-18(16,17)9-11/h10-11,13H,1-9H2,(H,14,15). The molecule has 5 nitrogen and oxygen atoms in total. The second kappa shape index (κ2) is 6.02. The van der Waals surface area contributed by atoms with E-state index in [2.05, 4.69) is 10.6 Å². The van der Waals surface area contributed by atoms with E-state index >= 15 is 0 Å². The topological polar surface area (TPSA) is 75.3 Å². The molecule has 0 aromatic heterocycles. The van der Waals surface area contributed by atoms with Gasteiger partial charge in [0.1, 0.15) is 0 Å². The van der Waals surface area contributed by atoms with Crippen LogP contribution in [-0.4, -0.2) is 44.5 Å². The molecule has 0 saturated carbocycles. The Labute approximate surface area is 109 Å². The lowest BCUT2D eigenvalue weighted by molar-refractivity contribution is -0.122. The number of carbonyl (C=O) groups is 1. The first-order valence-electron chi connectivity index (χ1n) is 6.78. The van der Waals surface area contributed by atoms with Crippen LogP contribution in [0, 0.1) is 0 Å². The molecule has 2 rings (SSSR count). The van der Waals surface area contributed by atoms with Crippen molar-refractivity contribution in [3.05, 3.63) is 0 Å². The molecule has 2 N–H and O–H groups in total. The Balaban J connectivity index is 1.76. The van der Waals surface area contributed by atoms with Gasteiger partial charge in [0.25, 0.3) is 0 Å². The first kappa shape index (κ1) is 13.8. The van der Waals surface area contributed by atoms with Crippen LogP contribution in [0.5, 0.6) is 0 Å². The van der Waals surface area contributed by atoms with Gasteiger partial charge in [0, 0.05) is 18.5 Å². The van der Waals surface area contributed by atoms with Crippen molar-refractivity contribution in [2.24, 2.45) is 0 Å². The predicted molar refractivity (Wildman–Crippen MR) is 70.1 cm³/mol. The maximum atomic E-state index is 11.8. The minimum atomic E-state index is -2.94. The van der Waals surface area contributed by atoms with Crippen molar-refractivity contribution < 1.29 is 13.2 Å². The Morgan fingerprint density at radius 2 is 2.06 bits per heavy atom. The largest absolute Gasteiger partial charge is 0.352 e. The molecule has 1 amide bonds. The number of amides is 1. The number of carbonyl (C=O) groups excluding carboxylic acids is 1. The minimum absolute atomic E-state index is 0.0171. The molecule has 0 aliphatic carbocycles. The molecule has 18 heavy (non-hydrogen) atoms. The third kappa shape index (κ3) is 4.24. The quantitative estimate of drug-likeness (QED) is 0.771. The van der Waals surface area contributed by atoms with E-state index in [1.165, 1.54) is 12.8 Å². The molecular formula is C12H22N2O3S. The van der Waals surface area contributed by atoms with Gasteiger partial charge in [-0.2, -0.15) is 0 Å². The zero-order valence-electron chi connectivity index (χ0n) is 10.7. The van der Waals surface area contributed by atoms with E-state index in [1.807, 2.05) is 0 Å². The third-order valence-electron chi connectivity index (χ3n) is 3.67. The van der Waals surface area contributed by atoms with Gasteiger partial charge >= 0.3 is 0 Å². The molecular weight excluding hydrogens is 252 g/mol. The maximum Gasteiger partial charge on any atom is 0.221 e. The first-order chi connectivity index (χ1) is 8.55. The van der Waals surface area contributed by atoms with Crippen molar-refractivity contribution in [2.75, 3.05) is 18.1 Å². The van der Waals surface area contributed by atoms with Crippen molar-refractivity contribution in [1.82, 2.24) is 10.6 Å². The van der Waals surface area contributed by atoms with Gasteiger partial charge < -0.3 is 10.6 Å². The molecule has 0 radical (unpaired) electrons. The van der Waals surface area contributed by atoms with E-state index in [9.17, 15) is 13.2 Å². The van der Waals surface area contributed by atoms with Crippen LogP contribution in [0.4, 0.5) is 0 Å². The summed E-state index contributed by atoms with van der Waals surface area (Å²) in [6.07, 6.45) is 5.30. The summed E-state index contributed by atoms with van der Waals surface area (Å²) in [7, 11) is -2.94. The van der Waals surface area contributed by atoms with Gasteiger partial charge in [0.05, 0.1) is 11.5 Å². The van der Waals surface area contributed by atoms with E-state index in [1.54, 1.807) is 0 Å². The van der Waals surface area contributed by atoms with Gasteiger partial charge in [-0.05, 0) is 32.2 Å². The lowest BCUT2D eigenvalue weighted by Crippen LogP contribution is -2.46. The zero-order chi connectivity index (χ0) is 13.0. The molecule has 2 fully saturated rings. The highest BCUT2D eigenvalue weighted by atomic mass is 32.2. The Morgan fingerprint density at radius 3 is 2.72 bits per heavy atom. The number of rotatable bonds is 3. The summed E-state index contributed by atoms with van der Waals surface area (Å²) >= 11 is 0. The lowest BCUT2D eigenvalue weighted by atomic mass is 10.0. The molecule has 0 bridgehead atoms. The molecule has 2 aliphatic rings. The highest BCUT2D eigenvalue weighted by Crippen LogP contribution is 2.13. The fraction of sp³-hybridized carbons (Fsp3) is 0.917. The number of piperidine rings is 1. The zero-order valence-corrected chi connectivity index (χ0v) is 11.5. The molecule has 2 heterocycles. The summed E-state index contributed by atoms with van der Waals surface area (Å²) in [4.78, 5) is 11.8. The summed E-state index contributed by atoms with van der Waals surface area (Å²) < 4.78 is 22.9. The average Bonchev–Trinajstić information content (AvgIpc) is 2.28. The van der Waals surface area contributed by atoms with Crippen molar-refractivity contribution in [3.8, 4) is 0 Å². The van der Waals surface area contributed by atoms with Gasteiger partial charge in [-0.1, -0.05) is 6.42 Å². The van der Waals surface area contributed by atoms with E-state index in [0.29, 0.717) is 12.8 Å². The van der Waals surface area contributed by atoms with Crippen LogP contribution >= 0.6 is 0 Å². The van der Waals surface area contributed by atoms with Gasteiger partial charge in [-0.25, -0.2) is 8.42 Å². The van der Waals surface area contributed by atoms with Crippen LogP contribution in [0.2, 0.25) is 0 Å². The van der Waals surface area contributed by atoms with Crippen molar-refractivity contribution in [2.45, 2.75) is 50.6 Å². The smallest absolute Gasteiger partial charge is 0.221 e. The predicted octanol–water partition coefficient (Wildman–Crippen LogP) is 0.212. The third-order valence-corrected chi connectivity index (χ3v) is 5.49. The summed E-state index contributed by atoms with van der Waals surface area (Å²) in [5, 5.41) is 6.19. The van der Waals surface area contributed by atoms with E-state index < -0.39 is 9.84 Å². The van der Waals surface area contributed by atoms with Gasteiger partial charge in [-0.15, -0.1) is 0 Å². The lowest BCUT2D eigenvalue weighted by Gasteiger charge is -2.26. The van der Waals surface area contributed by atoms with Crippen LogP contribution < -0.4 is 10.6 Å². The second-order valence-corrected chi connectivity index (χ2v) is 7.60. The van der Waals surface area contributed by atoms with Crippen molar-refractivity contribution >= 4 is 15.7 Å².